The third-order valence-corrected chi connectivity index (χ3v) is 4.74. The molecule has 1 unspecified atom stereocenters. The molecule has 2 aromatic rings. The minimum Gasteiger partial charge on any atom is -0.497 e. The SMILES string of the molecule is COc1ccc2c(c1)CCC(CCC(=O)OCc1ccccc1)C2. The Morgan fingerprint density at radius 1 is 1.12 bits per heavy atom. The molecular weight excluding hydrogens is 300 g/mol. The highest BCUT2D eigenvalue weighted by atomic mass is 16.5. The summed E-state index contributed by atoms with van der Waals surface area (Å²) in [6.45, 7) is 0.368. The summed E-state index contributed by atoms with van der Waals surface area (Å²) >= 11 is 0. The summed E-state index contributed by atoms with van der Waals surface area (Å²) in [5.41, 5.74) is 3.81. The van der Waals surface area contributed by atoms with E-state index in [-0.39, 0.29) is 5.97 Å². The first-order valence-electron chi connectivity index (χ1n) is 8.60. The molecule has 0 radical (unpaired) electrons. The zero-order valence-corrected chi connectivity index (χ0v) is 14.2. The molecule has 0 aromatic heterocycles. The smallest absolute Gasteiger partial charge is 0.306 e. The number of fused-ring (bicyclic) bond motifs is 1. The van der Waals surface area contributed by atoms with Crippen molar-refractivity contribution in [2.75, 3.05) is 7.11 Å². The van der Waals surface area contributed by atoms with E-state index in [4.69, 9.17) is 9.47 Å². The molecule has 1 aliphatic carbocycles. The first-order chi connectivity index (χ1) is 11.7. The van der Waals surface area contributed by atoms with E-state index >= 15 is 0 Å². The second-order valence-electron chi connectivity index (χ2n) is 6.43. The summed E-state index contributed by atoms with van der Waals surface area (Å²) in [4.78, 5) is 11.9. The Hall–Kier alpha value is -2.29. The van der Waals surface area contributed by atoms with E-state index in [1.54, 1.807) is 7.11 Å². The summed E-state index contributed by atoms with van der Waals surface area (Å²) in [7, 11) is 1.70. The molecule has 0 amide bonds. The highest BCUT2D eigenvalue weighted by Gasteiger charge is 2.20. The van der Waals surface area contributed by atoms with E-state index in [2.05, 4.69) is 12.1 Å². The first kappa shape index (κ1) is 16.6. The van der Waals surface area contributed by atoms with Gasteiger partial charge in [0.2, 0.25) is 0 Å². The Morgan fingerprint density at radius 3 is 2.75 bits per heavy atom. The Balaban J connectivity index is 1.44. The zero-order chi connectivity index (χ0) is 16.8. The molecule has 0 spiro atoms. The lowest BCUT2D eigenvalue weighted by Gasteiger charge is -2.24. The number of carbonyl (C=O) groups excluding carboxylic acids is 1. The van der Waals surface area contributed by atoms with Crippen LogP contribution in [0.2, 0.25) is 0 Å². The molecule has 0 bridgehead atoms. The molecule has 0 saturated carbocycles. The molecule has 1 aliphatic rings. The number of hydrogen-bond acceptors (Lipinski definition) is 3. The molecule has 0 aliphatic heterocycles. The maximum atomic E-state index is 11.9. The van der Waals surface area contributed by atoms with Crippen LogP contribution in [0.5, 0.6) is 5.75 Å². The third kappa shape index (κ3) is 4.38. The third-order valence-electron chi connectivity index (χ3n) is 4.74. The van der Waals surface area contributed by atoms with Crippen molar-refractivity contribution in [1.82, 2.24) is 0 Å². The molecule has 3 nitrogen and oxygen atoms in total. The van der Waals surface area contributed by atoms with Gasteiger partial charge < -0.3 is 9.47 Å². The van der Waals surface area contributed by atoms with Crippen LogP contribution in [0.4, 0.5) is 0 Å². The van der Waals surface area contributed by atoms with Crippen LogP contribution in [0.3, 0.4) is 0 Å². The van der Waals surface area contributed by atoms with E-state index in [1.165, 1.54) is 11.1 Å². The molecule has 24 heavy (non-hydrogen) atoms. The van der Waals surface area contributed by atoms with E-state index in [0.29, 0.717) is 18.9 Å². The molecule has 1 atom stereocenters. The fraction of sp³-hybridized carbons (Fsp3) is 0.381. The van der Waals surface area contributed by atoms with Crippen LogP contribution < -0.4 is 4.74 Å². The van der Waals surface area contributed by atoms with Crippen molar-refractivity contribution < 1.29 is 14.3 Å². The fourth-order valence-corrected chi connectivity index (χ4v) is 3.31. The lowest BCUT2D eigenvalue weighted by molar-refractivity contribution is -0.145. The van der Waals surface area contributed by atoms with Gasteiger partial charge in [0.05, 0.1) is 7.11 Å². The average Bonchev–Trinajstić information content (AvgIpc) is 2.65. The van der Waals surface area contributed by atoms with Gasteiger partial charge in [-0.15, -0.1) is 0 Å². The summed E-state index contributed by atoms with van der Waals surface area (Å²) in [6.07, 6.45) is 4.65. The molecular formula is C21H24O3. The van der Waals surface area contributed by atoms with Crippen molar-refractivity contribution in [3.8, 4) is 5.75 Å². The minimum atomic E-state index is -0.0978. The van der Waals surface area contributed by atoms with Crippen molar-refractivity contribution in [3.63, 3.8) is 0 Å². The maximum Gasteiger partial charge on any atom is 0.306 e. The van der Waals surface area contributed by atoms with Crippen molar-refractivity contribution >= 4 is 5.97 Å². The Morgan fingerprint density at radius 2 is 1.96 bits per heavy atom. The van der Waals surface area contributed by atoms with Crippen molar-refractivity contribution in [2.24, 2.45) is 5.92 Å². The predicted octanol–water partition coefficient (Wildman–Crippen LogP) is 4.32. The van der Waals surface area contributed by atoms with E-state index in [9.17, 15) is 4.79 Å². The van der Waals surface area contributed by atoms with E-state index in [1.807, 2.05) is 36.4 Å². The number of methoxy groups -OCH3 is 1. The zero-order valence-electron chi connectivity index (χ0n) is 14.2. The Labute approximate surface area is 143 Å². The van der Waals surface area contributed by atoms with Crippen LogP contribution >= 0.6 is 0 Å². The first-order valence-corrected chi connectivity index (χ1v) is 8.60. The topological polar surface area (TPSA) is 35.5 Å². The van der Waals surface area contributed by atoms with Crippen LogP contribution in [0, 0.1) is 5.92 Å². The van der Waals surface area contributed by atoms with E-state index < -0.39 is 0 Å². The number of aryl methyl sites for hydroxylation is 1. The van der Waals surface area contributed by atoms with Gasteiger partial charge in [0.15, 0.2) is 0 Å². The lowest BCUT2D eigenvalue weighted by Crippen LogP contribution is -2.16. The standard InChI is InChI=1S/C21H24O3/c1-23-20-11-10-18-13-16(7-9-19(18)14-20)8-12-21(22)24-15-17-5-3-2-4-6-17/h2-6,10-11,14,16H,7-9,12-13,15H2,1H3. The van der Waals surface area contributed by atoms with Gasteiger partial charge in [-0.05, 0) is 60.4 Å². The second kappa shape index (κ2) is 8.00. The van der Waals surface area contributed by atoms with Crippen LogP contribution in [0.1, 0.15) is 36.0 Å². The predicted molar refractivity (Wildman–Crippen MR) is 94.0 cm³/mol. The highest BCUT2D eigenvalue weighted by Crippen LogP contribution is 2.30. The van der Waals surface area contributed by atoms with Crippen LogP contribution in [-0.4, -0.2) is 13.1 Å². The van der Waals surface area contributed by atoms with Gasteiger partial charge in [-0.2, -0.15) is 0 Å². The van der Waals surface area contributed by atoms with Gasteiger partial charge in [0, 0.05) is 6.42 Å². The minimum absolute atomic E-state index is 0.0978. The molecule has 3 heteroatoms. The van der Waals surface area contributed by atoms with E-state index in [0.717, 1.165) is 37.0 Å². The van der Waals surface area contributed by atoms with Crippen molar-refractivity contribution in [2.45, 2.75) is 38.7 Å². The number of rotatable bonds is 6. The van der Waals surface area contributed by atoms with Gasteiger partial charge >= 0.3 is 5.97 Å². The molecule has 0 N–H and O–H groups in total. The molecule has 0 saturated heterocycles. The molecule has 2 aromatic carbocycles. The summed E-state index contributed by atoms with van der Waals surface area (Å²) in [6, 6.07) is 16.1. The van der Waals surface area contributed by atoms with Crippen molar-refractivity contribution in [1.29, 1.82) is 0 Å². The van der Waals surface area contributed by atoms with Crippen molar-refractivity contribution in [3.05, 3.63) is 65.2 Å². The Bertz CT molecular complexity index is 679. The molecule has 3 rings (SSSR count). The van der Waals surface area contributed by atoms with Crippen LogP contribution in [0.25, 0.3) is 0 Å². The fourth-order valence-electron chi connectivity index (χ4n) is 3.31. The van der Waals surface area contributed by atoms with Crippen LogP contribution in [0.15, 0.2) is 48.5 Å². The summed E-state index contributed by atoms with van der Waals surface area (Å²) in [5.74, 6) is 1.39. The molecule has 0 heterocycles. The summed E-state index contributed by atoms with van der Waals surface area (Å²) in [5, 5.41) is 0. The number of esters is 1. The second-order valence-corrected chi connectivity index (χ2v) is 6.43. The maximum absolute atomic E-state index is 11.9. The number of ether oxygens (including phenoxy) is 2. The molecule has 0 fully saturated rings. The van der Waals surface area contributed by atoms with Gasteiger partial charge in [0.25, 0.3) is 0 Å². The number of benzene rings is 2. The average molecular weight is 324 g/mol. The lowest BCUT2D eigenvalue weighted by atomic mass is 9.81. The molecule has 126 valence electrons. The van der Waals surface area contributed by atoms with Gasteiger partial charge in [0.1, 0.15) is 12.4 Å². The monoisotopic (exact) mass is 324 g/mol. The largest absolute Gasteiger partial charge is 0.497 e. The number of hydrogen-bond donors (Lipinski definition) is 0. The highest BCUT2D eigenvalue weighted by molar-refractivity contribution is 5.69. The van der Waals surface area contributed by atoms with Gasteiger partial charge in [-0.25, -0.2) is 0 Å². The normalized spacial score (nSPS) is 16.3. The summed E-state index contributed by atoms with van der Waals surface area (Å²) < 4.78 is 10.7. The van der Waals surface area contributed by atoms with Crippen LogP contribution in [-0.2, 0) is 29.0 Å². The Kier molecular flexibility index (Phi) is 5.52. The number of carbonyl (C=O) groups is 1. The van der Waals surface area contributed by atoms with Gasteiger partial charge in [-0.1, -0.05) is 36.4 Å². The van der Waals surface area contributed by atoms with Gasteiger partial charge in [-0.3, -0.25) is 4.79 Å². The quantitative estimate of drug-likeness (QED) is 0.742.